The van der Waals surface area contributed by atoms with Crippen molar-refractivity contribution in [3.63, 3.8) is 0 Å². The summed E-state index contributed by atoms with van der Waals surface area (Å²) in [6.07, 6.45) is 0.560. The zero-order valence-electron chi connectivity index (χ0n) is 20.6. The predicted molar refractivity (Wildman–Crippen MR) is 136 cm³/mol. The van der Waals surface area contributed by atoms with E-state index in [2.05, 4.69) is 12.1 Å². The highest BCUT2D eigenvalue weighted by Gasteiger charge is 2.35. The van der Waals surface area contributed by atoms with Gasteiger partial charge in [0.1, 0.15) is 5.75 Å². The minimum absolute atomic E-state index is 0.0742. The maximum absolute atomic E-state index is 13.5. The van der Waals surface area contributed by atoms with E-state index < -0.39 is 0 Å². The van der Waals surface area contributed by atoms with Gasteiger partial charge in [0, 0.05) is 24.1 Å². The van der Waals surface area contributed by atoms with Crippen LogP contribution in [0.2, 0.25) is 0 Å². The molecule has 1 heterocycles. The van der Waals surface area contributed by atoms with Gasteiger partial charge in [0.2, 0.25) is 0 Å². The van der Waals surface area contributed by atoms with Crippen LogP contribution >= 0.6 is 0 Å². The zero-order valence-corrected chi connectivity index (χ0v) is 20.6. The van der Waals surface area contributed by atoms with Crippen molar-refractivity contribution >= 4 is 11.6 Å². The third-order valence-corrected chi connectivity index (χ3v) is 6.08. The van der Waals surface area contributed by atoms with Crippen LogP contribution in [0.25, 0.3) is 0 Å². The van der Waals surface area contributed by atoms with Crippen LogP contribution in [0.15, 0.2) is 77.9 Å². The molecule has 1 amide bonds. The molecule has 182 valence electrons. The number of para-hydroxylation sites is 1. The maximum Gasteiger partial charge on any atom is 0.257 e. The summed E-state index contributed by atoms with van der Waals surface area (Å²) in [6, 6.07) is 23.3. The summed E-state index contributed by atoms with van der Waals surface area (Å²) in [7, 11) is 6.80. The number of hydrogen-bond acceptors (Lipinski definition) is 6. The molecule has 7 heteroatoms. The molecular formula is C28H31N3O4. The Balaban J connectivity index is 1.63. The molecule has 1 aliphatic heterocycles. The fourth-order valence-corrected chi connectivity index (χ4v) is 4.37. The molecule has 0 saturated heterocycles. The van der Waals surface area contributed by atoms with Crippen LogP contribution in [-0.4, -0.2) is 56.4 Å². The topological polar surface area (TPSA) is 63.6 Å². The molecule has 0 fully saturated rings. The Morgan fingerprint density at radius 2 is 1.60 bits per heavy atom. The van der Waals surface area contributed by atoms with E-state index in [1.807, 2.05) is 72.6 Å². The molecule has 4 rings (SSSR count). The van der Waals surface area contributed by atoms with Crippen LogP contribution in [-0.2, 0) is 11.3 Å². The minimum Gasteiger partial charge on any atom is -0.496 e. The molecule has 0 saturated carbocycles. The van der Waals surface area contributed by atoms with E-state index in [4.69, 9.17) is 19.3 Å². The van der Waals surface area contributed by atoms with Crippen LogP contribution in [0.5, 0.6) is 17.2 Å². The standard InChI is InChI=1S/C28H31N3O4/c1-30(18-20-10-6-5-7-11-20)19-28(32)31-24(22-12-8-9-13-25(22)33-2)17-23(29-31)21-14-15-26(34-3)27(16-21)35-4/h5-16,24H,17-19H2,1-4H3. The maximum atomic E-state index is 13.5. The third kappa shape index (κ3) is 5.46. The number of likely N-dealkylation sites (N-methyl/N-ethyl adjacent to an activating group) is 1. The number of benzene rings is 3. The highest BCUT2D eigenvalue weighted by atomic mass is 16.5. The number of amides is 1. The van der Waals surface area contributed by atoms with Crippen molar-refractivity contribution in [3.8, 4) is 17.2 Å². The first-order chi connectivity index (χ1) is 17.0. The van der Waals surface area contributed by atoms with E-state index in [0.717, 1.165) is 28.2 Å². The summed E-state index contributed by atoms with van der Waals surface area (Å²) < 4.78 is 16.5. The van der Waals surface area contributed by atoms with Crippen molar-refractivity contribution in [1.29, 1.82) is 0 Å². The number of carbonyl (C=O) groups is 1. The Bertz CT molecular complexity index is 1200. The summed E-state index contributed by atoms with van der Waals surface area (Å²) >= 11 is 0. The van der Waals surface area contributed by atoms with Crippen molar-refractivity contribution in [3.05, 3.63) is 89.5 Å². The number of ether oxygens (including phenoxy) is 3. The highest BCUT2D eigenvalue weighted by Crippen LogP contribution is 2.38. The fourth-order valence-electron chi connectivity index (χ4n) is 4.37. The summed E-state index contributed by atoms with van der Waals surface area (Å²) in [5.41, 5.74) is 3.77. The Labute approximate surface area is 206 Å². The van der Waals surface area contributed by atoms with Gasteiger partial charge < -0.3 is 14.2 Å². The first-order valence-electron chi connectivity index (χ1n) is 11.5. The summed E-state index contributed by atoms with van der Waals surface area (Å²) in [4.78, 5) is 15.5. The van der Waals surface area contributed by atoms with Crippen LogP contribution in [0.1, 0.15) is 29.2 Å². The number of rotatable bonds is 9. The van der Waals surface area contributed by atoms with Crippen molar-refractivity contribution < 1.29 is 19.0 Å². The molecule has 0 radical (unpaired) electrons. The molecule has 0 N–H and O–H groups in total. The van der Waals surface area contributed by atoms with Crippen LogP contribution in [0, 0.1) is 0 Å². The van der Waals surface area contributed by atoms with Gasteiger partial charge in [-0.3, -0.25) is 9.69 Å². The second kappa shape index (κ2) is 11.1. The van der Waals surface area contributed by atoms with Gasteiger partial charge in [-0.25, -0.2) is 5.01 Å². The molecule has 35 heavy (non-hydrogen) atoms. The number of hydrazone groups is 1. The minimum atomic E-state index is -0.271. The first kappa shape index (κ1) is 24.3. The molecule has 1 atom stereocenters. The van der Waals surface area contributed by atoms with Crippen molar-refractivity contribution in [1.82, 2.24) is 9.91 Å². The monoisotopic (exact) mass is 473 g/mol. The number of hydrogen-bond donors (Lipinski definition) is 0. The molecule has 0 aliphatic carbocycles. The molecule has 3 aromatic carbocycles. The van der Waals surface area contributed by atoms with E-state index in [1.54, 1.807) is 26.3 Å². The Morgan fingerprint density at radius 3 is 2.31 bits per heavy atom. The molecule has 1 unspecified atom stereocenters. The largest absolute Gasteiger partial charge is 0.496 e. The van der Waals surface area contributed by atoms with Gasteiger partial charge in [0.25, 0.3) is 5.91 Å². The summed E-state index contributed by atoms with van der Waals surface area (Å²) in [6.45, 7) is 0.912. The second-order valence-corrected chi connectivity index (χ2v) is 8.47. The molecule has 7 nitrogen and oxygen atoms in total. The predicted octanol–water partition coefficient (Wildman–Crippen LogP) is 4.52. The van der Waals surface area contributed by atoms with Crippen LogP contribution in [0.4, 0.5) is 0 Å². The smallest absolute Gasteiger partial charge is 0.257 e. The normalized spacial score (nSPS) is 15.2. The lowest BCUT2D eigenvalue weighted by atomic mass is 9.97. The van der Waals surface area contributed by atoms with E-state index in [-0.39, 0.29) is 18.5 Å². The van der Waals surface area contributed by atoms with Gasteiger partial charge in [-0.2, -0.15) is 5.10 Å². The lowest BCUT2D eigenvalue weighted by Gasteiger charge is -2.25. The summed E-state index contributed by atoms with van der Waals surface area (Å²) in [5.74, 6) is 1.92. The van der Waals surface area contributed by atoms with Gasteiger partial charge in [0.05, 0.1) is 39.6 Å². The average Bonchev–Trinajstić information content (AvgIpc) is 3.34. The highest BCUT2D eigenvalue weighted by molar-refractivity contribution is 6.03. The zero-order chi connectivity index (χ0) is 24.8. The van der Waals surface area contributed by atoms with Gasteiger partial charge in [-0.1, -0.05) is 48.5 Å². The number of carbonyl (C=O) groups excluding carboxylic acids is 1. The van der Waals surface area contributed by atoms with Crippen molar-refractivity contribution in [2.24, 2.45) is 5.10 Å². The van der Waals surface area contributed by atoms with Crippen LogP contribution < -0.4 is 14.2 Å². The molecule has 3 aromatic rings. The van der Waals surface area contributed by atoms with E-state index >= 15 is 0 Å². The summed E-state index contributed by atoms with van der Waals surface area (Å²) in [5, 5.41) is 6.41. The van der Waals surface area contributed by atoms with Crippen molar-refractivity contribution in [2.45, 2.75) is 19.0 Å². The Kier molecular flexibility index (Phi) is 7.67. The Hall–Kier alpha value is -3.84. The van der Waals surface area contributed by atoms with Gasteiger partial charge >= 0.3 is 0 Å². The van der Waals surface area contributed by atoms with Crippen LogP contribution in [0.3, 0.4) is 0 Å². The van der Waals surface area contributed by atoms with Crippen molar-refractivity contribution in [2.75, 3.05) is 34.9 Å². The SMILES string of the molecule is COc1ccc(C2=NN(C(=O)CN(C)Cc3ccccc3)C(c3ccccc3OC)C2)cc1OC. The van der Waals surface area contributed by atoms with E-state index in [9.17, 15) is 4.79 Å². The Morgan fingerprint density at radius 1 is 0.914 bits per heavy atom. The first-order valence-corrected chi connectivity index (χ1v) is 11.5. The average molecular weight is 474 g/mol. The lowest BCUT2D eigenvalue weighted by molar-refractivity contribution is -0.134. The fraction of sp³-hybridized carbons (Fsp3) is 0.286. The molecule has 1 aliphatic rings. The molecular weight excluding hydrogens is 442 g/mol. The second-order valence-electron chi connectivity index (χ2n) is 8.47. The lowest BCUT2D eigenvalue weighted by Crippen LogP contribution is -2.36. The third-order valence-electron chi connectivity index (χ3n) is 6.08. The van der Waals surface area contributed by atoms with E-state index in [0.29, 0.717) is 24.5 Å². The molecule has 0 bridgehead atoms. The quantitative estimate of drug-likeness (QED) is 0.457. The molecule has 0 aromatic heterocycles. The van der Waals surface area contributed by atoms with Gasteiger partial charge in [0.15, 0.2) is 11.5 Å². The molecule has 0 spiro atoms. The number of nitrogens with zero attached hydrogens (tertiary/aromatic N) is 3. The number of methoxy groups -OCH3 is 3. The van der Waals surface area contributed by atoms with Gasteiger partial charge in [-0.15, -0.1) is 0 Å². The van der Waals surface area contributed by atoms with E-state index in [1.165, 1.54) is 0 Å². The van der Waals surface area contributed by atoms with Gasteiger partial charge in [-0.05, 0) is 36.9 Å².